The van der Waals surface area contributed by atoms with Crippen molar-refractivity contribution in [1.29, 1.82) is 0 Å². The van der Waals surface area contributed by atoms with E-state index in [0.29, 0.717) is 19.1 Å². The lowest BCUT2D eigenvalue weighted by atomic mass is 10.1. The van der Waals surface area contributed by atoms with E-state index in [1.165, 1.54) is 0 Å². The lowest BCUT2D eigenvalue weighted by Gasteiger charge is -2.20. The molecule has 0 saturated carbocycles. The topological polar surface area (TPSA) is 58.6 Å². The van der Waals surface area contributed by atoms with Crippen LogP contribution in [0.2, 0.25) is 0 Å². The molecule has 0 aromatic heterocycles. The molecule has 0 unspecified atom stereocenters. The summed E-state index contributed by atoms with van der Waals surface area (Å²) in [5.41, 5.74) is -0.874. The van der Waals surface area contributed by atoms with Crippen molar-refractivity contribution >= 4 is 5.97 Å². The zero-order valence-corrected chi connectivity index (χ0v) is 10.2. The number of carboxylic acid groups (broad SMARTS) is 1. The summed E-state index contributed by atoms with van der Waals surface area (Å²) in [6, 6.07) is 0. The molecule has 0 amide bonds. The molecule has 4 heteroatoms. The molecule has 4 nitrogen and oxygen atoms in total. The first-order valence-electron chi connectivity index (χ1n) is 5.42. The molecule has 0 bridgehead atoms. The molecule has 0 spiro atoms. The second-order valence-corrected chi connectivity index (χ2v) is 4.65. The average molecular weight is 217 g/mol. The van der Waals surface area contributed by atoms with Crippen LogP contribution < -0.4 is 5.32 Å². The van der Waals surface area contributed by atoms with Gasteiger partial charge >= 0.3 is 5.97 Å². The Morgan fingerprint density at radius 2 is 2.00 bits per heavy atom. The lowest BCUT2D eigenvalue weighted by molar-refractivity contribution is -0.143. The highest BCUT2D eigenvalue weighted by Gasteiger charge is 2.25. The molecule has 15 heavy (non-hydrogen) atoms. The van der Waals surface area contributed by atoms with Crippen LogP contribution in [0.1, 0.15) is 34.1 Å². The molecule has 0 saturated heterocycles. The Bertz CT molecular complexity index is 190. The van der Waals surface area contributed by atoms with E-state index in [0.717, 1.165) is 13.0 Å². The number of nitrogens with one attached hydrogen (secondary N) is 1. The largest absolute Gasteiger partial charge is 0.480 e. The van der Waals surface area contributed by atoms with Crippen molar-refractivity contribution in [2.45, 2.75) is 39.7 Å². The third kappa shape index (κ3) is 7.33. The van der Waals surface area contributed by atoms with Crippen LogP contribution in [-0.2, 0) is 9.53 Å². The van der Waals surface area contributed by atoms with Crippen LogP contribution >= 0.6 is 0 Å². The minimum Gasteiger partial charge on any atom is -0.480 e. The van der Waals surface area contributed by atoms with E-state index in [1.54, 1.807) is 13.8 Å². The predicted octanol–water partition coefficient (Wildman–Crippen LogP) is 1.50. The van der Waals surface area contributed by atoms with Gasteiger partial charge in [-0.2, -0.15) is 0 Å². The molecule has 0 rings (SSSR count). The van der Waals surface area contributed by atoms with Gasteiger partial charge in [0.05, 0.1) is 6.61 Å². The van der Waals surface area contributed by atoms with Gasteiger partial charge in [-0.3, -0.25) is 4.79 Å². The number of hydrogen-bond acceptors (Lipinski definition) is 3. The molecule has 0 radical (unpaired) electrons. The summed E-state index contributed by atoms with van der Waals surface area (Å²) >= 11 is 0. The number of carbonyl (C=O) groups is 1. The maximum absolute atomic E-state index is 10.7. The van der Waals surface area contributed by atoms with Crippen molar-refractivity contribution in [3.05, 3.63) is 0 Å². The quantitative estimate of drug-likeness (QED) is 0.605. The average Bonchev–Trinajstić information content (AvgIpc) is 2.10. The zero-order chi connectivity index (χ0) is 11.9. The van der Waals surface area contributed by atoms with Gasteiger partial charge in [-0.1, -0.05) is 13.8 Å². The van der Waals surface area contributed by atoms with Gasteiger partial charge < -0.3 is 15.2 Å². The molecule has 0 aromatic rings. The standard InChI is InChI=1S/C11H23NO3/c1-9(2)5-7-15-8-6-12-11(3,4)10(13)14/h9,12H,5-8H2,1-4H3,(H,13,14). The third-order valence-corrected chi connectivity index (χ3v) is 2.19. The fraction of sp³-hybridized carbons (Fsp3) is 0.909. The normalized spacial score (nSPS) is 12.1. The Kier molecular flexibility index (Phi) is 6.52. The maximum atomic E-state index is 10.7. The Balaban J connectivity index is 3.43. The Hall–Kier alpha value is -0.610. The van der Waals surface area contributed by atoms with E-state index < -0.39 is 11.5 Å². The van der Waals surface area contributed by atoms with Crippen molar-refractivity contribution in [3.8, 4) is 0 Å². The van der Waals surface area contributed by atoms with Crippen LogP contribution in [0.25, 0.3) is 0 Å². The van der Waals surface area contributed by atoms with E-state index in [-0.39, 0.29) is 0 Å². The summed E-state index contributed by atoms with van der Waals surface area (Å²) in [7, 11) is 0. The second-order valence-electron chi connectivity index (χ2n) is 4.65. The van der Waals surface area contributed by atoms with Crippen molar-refractivity contribution in [3.63, 3.8) is 0 Å². The smallest absolute Gasteiger partial charge is 0.323 e. The fourth-order valence-corrected chi connectivity index (χ4v) is 0.932. The van der Waals surface area contributed by atoms with E-state index in [2.05, 4.69) is 19.2 Å². The van der Waals surface area contributed by atoms with Crippen LogP contribution in [0.5, 0.6) is 0 Å². The molecule has 90 valence electrons. The van der Waals surface area contributed by atoms with Crippen LogP contribution in [-0.4, -0.2) is 36.4 Å². The number of carboxylic acids is 1. The molecule has 0 atom stereocenters. The van der Waals surface area contributed by atoms with Gasteiger partial charge in [0.1, 0.15) is 5.54 Å². The van der Waals surface area contributed by atoms with Gasteiger partial charge in [0.15, 0.2) is 0 Å². The van der Waals surface area contributed by atoms with Crippen molar-refractivity contribution in [2.75, 3.05) is 19.8 Å². The maximum Gasteiger partial charge on any atom is 0.323 e. The monoisotopic (exact) mass is 217 g/mol. The van der Waals surface area contributed by atoms with Crippen LogP contribution in [0, 0.1) is 5.92 Å². The summed E-state index contributed by atoms with van der Waals surface area (Å²) in [6.45, 7) is 9.45. The summed E-state index contributed by atoms with van der Waals surface area (Å²) in [5.74, 6) is -0.196. The summed E-state index contributed by atoms with van der Waals surface area (Å²) in [4.78, 5) is 10.7. The SMILES string of the molecule is CC(C)CCOCCNC(C)(C)C(=O)O. The first-order chi connectivity index (χ1) is 6.86. The van der Waals surface area contributed by atoms with E-state index in [1.807, 2.05) is 0 Å². The van der Waals surface area contributed by atoms with Gasteiger partial charge in [0.2, 0.25) is 0 Å². The first kappa shape index (κ1) is 14.4. The summed E-state index contributed by atoms with van der Waals surface area (Å²) < 4.78 is 5.36. The molecule has 0 aliphatic heterocycles. The number of rotatable bonds is 8. The van der Waals surface area contributed by atoms with E-state index in [9.17, 15) is 4.79 Å². The molecule has 0 fully saturated rings. The van der Waals surface area contributed by atoms with Gasteiger partial charge in [-0.25, -0.2) is 0 Å². The molecular formula is C11H23NO3. The van der Waals surface area contributed by atoms with Gasteiger partial charge in [-0.05, 0) is 26.2 Å². The second kappa shape index (κ2) is 6.80. The molecule has 0 aliphatic rings. The zero-order valence-electron chi connectivity index (χ0n) is 10.2. The molecule has 0 heterocycles. The third-order valence-electron chi connectivity index (χ3n) is 2.19. The Labute approximate surface area is 92.0 Å². The minimum absolute atomic E-state index is 0.559. The highest BCUT2D eigenvalue weighted by atomic mass is 16.5. The summed E-state index contributed by atoms with van der Waals surface area (Å²) in [6.07, 6.45) is 1.04. The predicted molar refractivity (Wildman–Crippen MR) is 60.0 cm³/mol. The van der Waals surface area contributed by atoms with Crippen molar-refractivity contribution in [2.24, 2.45) is 5.92 Å². The fourth-order valence-electron chi connectivity index (χ4n) is 0.932. The van der Waals surface area contributed by atoms with Crippen molar-refractivity contribution in [1.82, 2.24) is 5.32 Å². The Morgan fingerprint density at radius 1 is 1.40 bits per heavy atom. The number of aliphatic carboxylic acids is 1. The van der Waals surface area contributed by atoms with Crippen molar-refractivity contribution < 1.29 is 14.6 Å². The number of hydrogen-bond donors (Lipinski definition) is 2. The highest BCUT2D eigenvalue weighted by Crippen LogP contribution is 2.01. The molecule has 0 aromatic carbocycles. The van der Waals surface area contributed by atoms with Gasteiger partial charge in [0.25, 0.3) is 0 Å². The lowest BCUT2D eigenvalue weighted by Crippen LogP contribution is -2.47. The first-order valence-corrected chi connectivity index (χ1v) is 5.42. The molecule has 0 aliphatic carbocycles. The Morgan fingerprint density at radius 3 is 2.47 bits per heavy atom. The molecular weight excluding hydrogens is 194 g/mol. The van der Waals surface area contributed by atoms with Gasteiger partial charge in [-0.15, -0.1) is 0 Å². The van der Waals surface area contributed by atoms with E-state index in [4.69, 9.17) is 9.84 Å². The van der Waals surface area contributed by atoms with Gasteiger partial charge in [0, 0.05) is 13.2 Å². The highest BCUT2D eigenvalue weighted by molar-refractivity contribution is 5.77. The van der Waals surface area contributed by atoms with E-state index >= 15 is 0 Å². The molecule has 2 N–H and O–H groups in total. The van der Waals surface area contributed by atoms with Crippen LogP contribution in [0.15, 0.2) is 0 Å². The minimum atomic E-state index is -0.874. The number of ether oxygens (including phenoxy) is 1. The van der Waals surface area contributed by atoms with Crippen LogP contribution in [0.4, 0.5) is 0 Å². The van der Waals surface area contributed by atoms with Crippen LogP contribution in [0.3, 0.4) is 0 Å². The summed E-state index contributed by atoms with van der Waals surface area (Å²) in [5, 5.41) is 11.7.